The summed E-state index contributed by atoms with van der Waals surface area (Å²) in [7, 11) is -2.56. The smallest absolute Gasteiger partial charge is 0.512 e. The third kappa shape index (κ3) is 4.20. The van der Waals surface area contributed by atoms with Gasteiger partial charge in [-0.25, -0.2) is 8.78 Å². The van der Waals surface area contributed by atoms with Gasteiger partial charge in [-0.15, -0.1) is 0 Å². The largest absolute Gasteiger partial charge is 0.707 e. The second kappa shape index (κ2) is 5.68. The second-order valence-electron chi connectivity index (χ2n) is 3.76. The fourth-order valence-electron chi connectivity index (χ4n) is 1.54. The summed E-state index contributed by atoms with van der Waals surface area (Å²) in [5.41, 5.74) is -2.25. The Morgan fingerprint density at radius 2 is 1.29 bits per heavy atom. The van der Waals surface area contributed by atoms with Crippen LogP contribution in [0.2, 0.25) is 0 Å². The van der Waals surface area contributed by atoms with E-state index < -0.39 is 48.5 Å². The molecular formula is C9H5BF8O3. The molecule has 0 bridgehead atoms. The Morgan fingerprint density at radius 1 is 0.905 bits per heavy atom. The van der Waals surface area contributed by atoms with Crippen LogP contribution in [-0.2, 0) is 0 Å². The van der Waals surface area contributed by atoms with E-state index in [0.717, 1.165) is 0 Å². The zero-order valence-electron chi connectivity index (χ0n) is 9.64. The first-order chi connectivity index (χ1) is 9.34. The maximum Gasteiger partial charge on any atom is 0.707 e. The summed E-state index contributed by atoms with van der Waals surface area (Å²) < 4.78 is 105. The van der Waals surface area contributed by atoms with Crippen LogP contribution in [0.4, 0.5) is 35.1 Å². The molecule has 21 heavy (non-hydrogen) atoms. The summed E-state index contributed by atoms with van der Waals surface area (Å²) in [6.45, 7) is 0. The van der Waals surface area contributed by atoms with E-state index in [1.165, 1.54) is 0 Å². The van der Waals surface area contributed by atoms with Gasteiger partial charge in [-0.3, -0.25) is 0 Å². The minimum Gasteiger partial charge on any atom is -0.512 e. The molecule has 0 unspecified atom stereocenters. The van der Waals surface area contributed by atoms with E-state index in [1.54, 1.807) is 0 Å². The van der Waals surface area contributed by atoms with E-state index in [1.807, 2.05) is 0 Å². The van der Waals surface area contributed by atoms with Crippen molar-refractivity contribution in [1.82, 2.24) is 0 Å². The summed E-state index contributed by atoms with van der Waals surface area (Å²) in [5.74, 6) is -9.74. The molecule has 0 aromatic heterocycles. The molecule has 0 atom stereocenters. The van der Waals surface area contributed by atoms with Crippen molar-refractivity contribution in [2.75, 3.05) is 0 Å². The molecule has 0 spiro atoms. The zero-order chi connectivity index (χ0) is 16.6. The molecule has 0 heterocycles. The maximum absolute atomic E-state index is 13.4. The summed E-state index contributed by atoms with van der Waals surface area (Å²) in [5, 5.41) is 16.7. The van der Waals surface area contributed by atoms with Gasteiger partial charge in [-0.2, -0.15) is 26.3 Å². The fourth-order valence-corrected chi connectivity index (χ4v) is 1.54. The molecule has 12 heteroatoms. The van der Waals surface area contributed by atoms with Gasteiger partial charge in [0.05, 0.1) is 0 Å². The van der Waals surface area contributed by atoms with Crippen molar-refractivity contribution in [3.63, 3.8) is 0 Å². The third-order valence-corrected chi connectivity index (χ3v) is 2.24. The molecule has 0 aliphatic carbocycles. The molecule has 1 aromatic rings. The van der Waals surface area contributed by atoms with Crippen molar-refractivity contribution in [2.45, 2.75) is 18.3 Å². The minimum atomic E-state index is -5.97. The lowest BCUT2D eigenvalue weighted by atomic mass is 9.96. The third-order valence-electron chi connectivity index (χ3n) is 2.24. The lowest BCUT2D eigenvalue weighted by Crippen LogP contribution is -2.35. The highest BCUT2D eigenvalue weighted by Crippen LogP contribution is 2.48. The highest BCUT2D eigenvalue weighted by Gasteiger charge is 2.59. The Bertz CT molecular complexity index is 476. The zero-order valence-corrected chi connectivity index (χ0v) is 9.64. The Labute approximate surface area is 111 Å². The molecule has 118 valence electrons. The normalized spacial score (nSPS) is 12.7. The van der Waals surface area contributed by atoms with E-state index in [9.17, 15) is 35.1 Å². The number of rotatable bonds is 3. The number of halogens is 8. The molecule has 0 amide bonds. The van der Waals surface area contributed by atoms with E-state index in [4.69, 9.17) is 10.0 Å². The van der Waals surface area contributed by atoms with Crippen LogP contribution in [-0.4, -0.2) is 29.7 Å². The lowest BCUT2D eigenvalue weighted by molar-refractivity contribution is -0.254. The summed E-state index contributed by atoms with van der Waals surface area (Å²) in [4.78, 5) is 0. The van der Waals surface area contributed by atoms with Crippen LogP contribution < -0.4 is 4.65 Å². The Hall–Kier alpha value is -1.56. The lowest BCUT2D eigenvalue weighted by Gasteiger charge is -2.24. The van der Waals surface area contributed by atoms with E-state index >= 15 is 0 Å². The average molecular weight is 324 g/mol. The van der Waals surface area contributed by atoms with Gasteiger partial charge in [0.15, 0.2) is 5.92 Å². The van der Waals surface area contributed by atoms with Crippen LogP contribution in [0.3, 0.4) is 0 Å². The molecule has 0 saturated carbocycles. The Kier molecular flexibility index (Phi) is 4.73. The first-order valence-corrected chi connectivity index (χ1v) is 4.99. The van der Waals surface area contributed by atoms with Crippen LogP contribution in [0.25, 0.3) is 0 Å². The quantitative estimate of drug-likeness (QED) is 0.664. The molecule has 0 aliphatic heterocycles. The van der Waals surface area contributed by atoms with Crippen LogP contribution in [0.15, 0.2) is 12.1 Å². The standard InChI is InChI=1S/C9H5BF8O3/c11-4-1-3(21-10(19)20)2-5(12)6(4)7(8(13,14)15)9(16,17)18/h1-2,7,19-20H. The van der Waals surface area contributed by atoms with Crippen LogP contribution in [0.1, 0.15) is 11.5 Å². The highest BCUT2D eigenvalue weighted by molar-refractivity contribution is 6.33. The highest BCUT2D eigenvalue weighted by atomic mass is 19.4. The minimum absolute atomic E-state index is 0.0255. The summed E-state index contributed by atoms with van der Waals surface area (Å²) in [6.07, 6.45) is -11.9. The maximum atomic E-state index is 13.4. The van der Waals surface area contributed by atoms with Gasteiger partial charge >= 0.3 is 19.7 Å². The van der Waals surface area contributed by atoms with Crippen molar-refractivity contribution in [3.05, 3.63) is 29.3 Å². The van der Waals surface area contributed by atoms with Crippen LogP contribution in [0.5, 0.6) is 5.75 Å². The molecule has 0 aliphatic rings. The molecule has 0 fully saturated rings. The van der Waals surface area contributed by atoms with Crippen molar-refractivity contribution in [2.24, 2.45) is 0 Å². The second-order valence-corrected chi connectivity index (χ2v) is 3.76. The molecule has 3 nitrogen and oxygen atoms in total. The Morgan fingerprint density at radius 3 is 1.57 bits per heavy atom. The summed E-state index contributed by atoms with van der Waals surface area (Å²) >= 11 is 0. The Balaban J connectivity index is 3.41. The molecule has 0 radical (unpaired) electrons. The van der Waals surface area contributed by atoms with Gasteiger partial charge in [0.1, 0.15) is 17.4 Å². The van der Waals surface area contributed by atoms with Crippen molar-refractivity contribution >= 4 is 7.32 Å². The van der Waals surface area contributed by atoms with Crippen molar-refractivity contribution in [3.8, 4) is 5.75 Å². The van der Waals surface area contributed by atoms with Gasteiger partial charge < -0.3 is 14.7 Å². The van der Waals surface area contributed by atoms with Crippen molar-refractivity contribution < 1.29 is 49.8 Å². The van der Waals surface area contributed by atoms with E-state index in [0.29, 0.717) is 0 Å². The number of benzene rings is 1. The fraction of sp³-hybridized carbons (Fsp3) is 0.333. The van der Waals surface area contributed by atoms with E-state index in [-0.39, 0.29) is 12.1 Å². The van der Waals surface area contributed by atoms with Gasteiger partial charge in [0.25, 0.3) is 0 Å². The first kappa shape index (κ1) is 17.5. The molecule has 2 N–H and O–H groups in total. The van der Waals surface area contributed by atoms with Gasteiger partial charge in [0, 0.05) is 17.7 Å². The molecular weight excluding hydrogens is 319 g/mol. The van der Waals surface area contributed by atoms with Crippen molar-refractivity contribution in [1.29, 1.82) is 0 Å². The van der Waals surface area contributed by atoms with Gasteiger partial charge in [0.2, 0.25) is 0 Å². The van der Waals surface area contributed by atoms with E-state index in [2.05, 4.69) is 4.65 Å². The van der Waals surface area contributed by atoms with Crippen LogP contribution in [0, 0.1) is 11.6 Å². The summed E-state index contributed by atoms with van der Waals surface area (Å²) in [6, 6.07) is -0.0509. The number of hydrogen-bond acceptors (Lipinski definition) is 3. The predicted octanol–water partition coefficient (Wildman–Crippen LogP) is 2.52. The monoisotopic (exact) mass is 324 g/mol. The SMILES string of the molecule is OB(O)Oc1cc(F)c(C(C(F)(F)F)C(F)(F)F)c(F)c1. The number of alkyl halides is 6. The van der Waals surface area contributed by atoms with Crippen LogP contribution >= 0.6 is 0 Å². The molecule has 1 rings (SSSR count). The topological polar surface area (TPSA) is 49.7 Å². The molecule has 1 aromatic carbocycles. The number of hydrogen-bond donors (Lipinski definition) is 2. The molecule has 0 saturated heterocycles. The average Bonchev–Trinajstić information content (AvgIpc) is 2.18. The predicted molar refractivity (Wildman–Crippen MR) is 52.0 cm³/mol. The van der Waals surface area contributed by atoms with Gasteiger partial charge in [-0.05, 0) is 0 Å². The van der Waals surface area contributed by atoms with Gasteiger partial charge in [-0.1, -0.05) is 0 Å². The first-order valence-electron chi connectivity index (χ1n) is 4.99.